The van der Waals surface area contributed by atoms with Gasteiger partial charge in [0.2, 0.25) is 0 Å². The van der Waals surface area contributed by atoms with Crippen molar-refractivity contribution in [3.63, 3.8) is 0 Å². The molecule has 0 aliphatic rings. The van der Waals surface area contributed by atoms with E-state index in [4.69, 9.17) is 0 Å². The molecule has 1 nitrogen and oxygen atoms in total. The van der Waals surface area contributed by atoms with E-state index in [0.29, 0.717) is 6.04 Å². The fourth-order valence-corrected chi connectivity index (χ4v) is 3.35. The molecule has 0 aromatic carbocycles. The summed E-state index contributed by atoms with van der Waals surface area (Å²) in [4.78, 5) is 1.42. The lowest BCUT2D eigenvalue weighted by Crippen LogP contribution is -2.20. The topological polar surface area (TPSA) is 12.0 Å². The van der Waals surface area contributed by atoms with Gasteiger partial charge in [-0.2, -0.15) is 0 Å². The summed E-state index contributed by atoms with van der Waals surface area (Å²) in [5.41, 5.74) is 0. The van der Waals surface area contributed by atoms with Gasteiger partial charge >= 0.3 is 0 Å². The van der Waals surface area contributed by atoms with E-state index < -0.39 is 0 Å². The standard InChI is InChI=1S/C12H18BrNS/c1-3-5-6-7-11(14-4-2)12-10(13)8-9-15-12/h3,8-9,11,14H,1,4-7H2,2H3. The third-order valence-electron chi connectivity index (χ3n) is 2.31. The summed E-state index contributed by atoms with van der Waals surface area (Å²) in [6, 6.07) is 2.61. The lowest BCUT2D eigenvalue weighted by atomic mass is 10.1. The van der Waals surface area contributed by atoms with E-state index in [1.165, 1.54) is 22.2 Å². The minimum atomic E-state index is 0.490. The highest BCUT2D eigenvalue weighted by Crippen LogP contribution is 2.31. The van der Waals surface area contributed by atoms with Crippen LogP contribution in [0, 0.1) is 0 Å². The zero-order valence-electron chi connectivity index (χ0n) is 9.13. The molecule has 1 atom stereocenters. The van der Waals surface area contributed by atoms with Gasteiger partial charge in [-0.05, 0) is 53.2 Å². The van der Waals surface area contributed by atoms with Crippen LogP contribution < -0.4 is 5.32 Å². The molecule has 1 unspecified atom stereocenters. The smallest absolute Gasteiger partial charge is 0.0426 e. The Kier molecular flexibility index (Phi) is 6.22. The van der Waals surface area contributed by atoms with Gasteiger partial charge < -0.3 is 5.32 Å². The SMILES string of the molecule is C=CCCCC(NCC)c1sccc1Br. The quantitative estimate of drug-likeness (QED) is 0.574. The number of nitrogens with one attached hydrogen (secondary N) is 1. The average molecular weight is 288 g/mol. The van der Waals surface area contributed by atoms with Crippen LogP contribution >= 0.6 is 27.3 Å². The van der Waals surface area contributed by atoms with Gasteiger partial charge in [-0.25, -0.2) is 0 Å². The van der Waals surface area contributed by atoms with Gasteiger partial charge in [0.25, 0.3) is 0 Å². The molecule has 0 fully saturated rings. The number of hydrogen-bond acceptors (Lipinski definition) is 2. The first-order valence-electron chi connectivity index (χ1n) is 5.36. The molecule has 0 aliphatic heterocycles. The molecule has 1 aromatic rings. The average Bonchev–Trinajstić information content (AvgIpc) is 2.64. The number of allylic oxidation sites excluding steroid dienone is 1. The molecule has 1 heterocycles. The highest BCUT2D eigenvalue weighted by molar-refractivity contribution is 9.10. The third-order valence-corrected chi connectivity index (χ3v) is 4.30. The van der Waals surface area contributed by atoms with E-state index >= 15 is 0 Å². The molecule has 0 radical (unpaired) electrons. The normalized spacial score (nSPS) is 12.7. The zero-order valence-corrected chi connectivity index (χ0v) is 11.5. The minimum Gasteiger partial charge on any atom is -0.309 e. The van der Waals surface area contributed by atoms with E-state index in [9.17, 15) is 0 Å². The second-order valence-electron chi connectivity index (χ2n) is 3.46. The van der Waals surface area contributed by atoms with E-state index in [1.54, 1.807) is 0 Å². The predicted molar refractivity (Wildman–Crippen MR) is 72.5 cm³/mol. The Balaban J connectivity index is 2.57. The number of unbranched alkanes of at least 4 members (excludes halogenated alkanes) is 1. The van der Waals surface area contributed by atoms with Crippen molar-refractivity contribution in [1.82, 2.24) is 5.32 Å². The molecule has 0 saturated carbocycles. The summed E-state index contributed by atoms with van der Waals surface area (Å²) < 4.78 is 1.23. The molecule has 84 valence electrons. The second kappa shape index (κ2) is 7.20. The highest BCUT2D eigenvalue weighted by Gasteiger charge is 2.13. The molecule has 1 N–H and O–H groups in total. The molecule has 3 heteroatoms. The van der Waals surface area contributed by atoms with Crippen molar-refractivity contribution in [3.8, 4) is 0 Å². The van der Waals surface area contributed by atoms with E-state index in [0.717, 1.165) is 13.0 Å². The molecule has 0 aliphatic carbocycles. The largest absolute Gasteiger partial charge is 0.309 e. The van der Waals surface area contributed by atoms with Crippen molar-refractivity contribution < 1.29 is 0 Å². The summed E-state index contributed by atoms with van der Waals surface area (Å²) in [5, 5.41) is 5.67. The van der Waals surface area contributed by atoms with Gasteiger partial charge in [0.1, 0.15) is 0 Å². The summed E-state index contributed by atoms with van der Waals surface area (Å²) in [6.07, 6.45) is 5.47. The van der Waals surface area contributed by atoms with Crippen molar-refractivity contribution in [3.05, 3.63) is 33.5 Å². The number of halogens is 1. The molecule has 15 heavy (non-hydrogen) atoms. The van der Waals surface area contributed by atoms with E-state index in [2.05, 4.69) is 46.2 Å². The van der Waals surface area contributed by atoms with Crippen molar-refractivity contribution >= 4 is 27.3 Å². The van der Waals surface area contributed by atoms with Crippen LogP contribution in [0.25, 0.3) is 0 Å². The van der Waals surface area contributed by atoms with Gasteiger partial charge in [-0.3, -0.25) is 0 Å². The Morgan fingerprint density at radius 2 is 2.47 bits per heavy atom. The van der Waals surface area contributed by atoms with Gasteiger partial charge in [0, 0.05) is 15.4 Å². The lowest BCUT2D eigenvalue weighted by Gasteiger charge is -2.16. The van der Waals surface area contributed by atoms with Gasteiger partial charge in [0.05, 0.1) is 0 Å². The van der Waals surface area contributed by atoms with Crippen molar-refractivity contribution in [2.24, 2.45) is 0 Å². The van der Waals surface area contributed by atoms with Crippen LogP contribution in [0.1, 0.15) is 37.1 Å². The maximum atomic E-state index is 3.76. The zero-order chi connectivity index (χ0) is 11.1. The molecule has 0 saturated heterocycles. The molecule has 1 aromatic heterocycles. The number of rotatable bonds is 7. The first kappa shape index (κ1) is 12.9. The van der Waals surface area contributed by atoms with Crippen LogP contribution in [0.4, 0.5) is 0 Å². The Hall–Kier alpha value is -0.120. The Morgan fingerprint density at radius 1 is 1.67 bits per heavy atom. The Morgan fingerprint density at radius 3 is 3.00 bits per heavy atom. The van der Waals surface area contributed by atoms with Crippen LogP contribution in [0.15, 0.2) is 28.6 Å². The Labute approximate surface area is 105 Å². The molecule has 0 bridgehead atoms. The summed E-state index contributed by atoms with van der Waals surface area (Å²) in [5.74, 6) is 0. The summed E-state index contributed by atoms with van der Waals surface area (Å²) in [7, 11) is 0. The van der Waals surface area contributed by atoms with Crippen molar-refractivity contribution in [2.75, 3.05) is 6.54 Å². The maximum Gasteiger partial charge on any atom is 0.0426 e. The van der Waals surface area contributed by atoms with Crippen LogP contribution in [0.2, 0.25) is 0 Å². The maximum absolute atomic E-state index is 3.76. The fraction of sp³-hybridized carbons (Fsp3) is 0.500. The van der Waals surface area contributed by atoms with Crippen LogP contribution in [-0.2, 0) is 0 Å². The van der Waals surface area contributed by atoms with E-state index in [1.807, 2.05) is 17.4 Å². The fourth-order valence-electron chi connectivity index (χ4n) is 1.59. The van der Waals surface area contributed by atoms with Crippen LogP contribution in [0.3, 0.4) is 0 Å². The van der Waals surface area contributed by atoms with Gasteiger partial charge in [-0.15, -0.1) is 17.9 Å². The lowest BCUT2D eigenvalue weighted by molar-refractivity contribution is 0.506. The van der Waals surface area contributed by atoms with Crippen molar-refractivity contribution in [2.45, 2.75) is 32.2 Å². The first-order valence-corrected chi connectivity index (χ1v) is 7.04. The van der Waals surface area contributed by atoms with Crippen LogP contribution in [-0.4, -0.2) is 6.54 Å². The predicted octanol–water partition coefficient (Wildman–Crippen LogP) is 4.52. The van der Waals surface area contributed by atoms with E-state index in [-0.39, 0.29) is 0 Å². The molecular formula is C12H18BrNS. The first-order chi connectivity index (χ1) is 7.29. The van der Waals surface area contributed by atoms with Crippen molar-refractivity contribution in [1.29, 1.82) is 0 Å². The molecule has 0 spiro atoms. The molecular weight excluding hydrogens is 270 g/mol. The van der Waals surface area contributed by atoms with Gasteiger partial charge in [-0.1, -0.05) is 13.0 Å². The molecule has 0 amide bonds. The van der Waals surface area contributed by atoms with Crippen LogP contribution in [0.5, 0.6) is 0 Å². The second-order valence-corrected chi connectivity index (χ2v) is 5.26. The molecule has 1 rings (SSSR count). The minimum absolute atomic E-state index is 0.490. The Bertz CT molecular complexity index is 296. The summed E-state index contributed by atoms with van der Waals surface area (Å²) in [6.45, 7) is 6.93. The third kappa shape index (κ3) is 4.09. The monoisotopic (exact) mass is 287 g/mol. The number of thiophene rings is 1. The van der Waals surface area contributed by atoms with Gasteiger partial charge in [0.15, 0.2) is 0 Å². The number of hydrogen-bond donors (Lipinski definition) is 1. The summed E-state index contributed by atoms with van der Waals surface area (Å²) >= 11 is 5.42. The highest BCUT2D eigenvalue weighted by atomic mass is 79.9.